The summed E-state index contributed by atoms with van der Waals surface area (Å²) >= 11 is 6.13. The minimum absolute atomic E-state index is 0.251. The van der Waals surface area contributed by atoms with Gasteiger partial charge < -0.3 is 15.1 Å². The molecule has 17 heavy (non-hydrogen) atoms. The number of rotatable bonds is 2. The maximum Gasteiger partial charge on any atom is 0.0776 e. The topological polar surface area (TPSA) is 43.7 Å². The first-order chi connectivity index (χ1) is 8.08. The van der Waals surface area contributed by atoms with Crippen LogP contribution in [0.1, 0.15) is 31.4 Å². The fraction of sp³-hybridized carbons (Fsp3) is 0.538. The highest BCUT2D eigenvalue weighted by Crippen LogP contribution is 2.29. The Bertz CT molecular complexity index is 395. The molecule has 0 bridgehead atoms. The summed E-state index contributed by atoms with van der Waals surface area (Å²) in [6.45, 7) is 3.30. The predicted octanol–water partition coefficient (Wildman–Crippen LogP) is 2.35. The van der Waals surface area contributed by atoms with Crippen LogP contribution in [0.5, 0.6) is 0 Å². The Balaban J connectivity index is 2.19. The first-order valence-corrected chi connectivity index (χ1v) is 6.36. The number of benzene rings is 1. The normalized spacial score (nSPS) is 22.6. The van der Waals surface area contributed by atoms with Gasteiger partial charge in [-0.1, -0.05) is 17.7 Å². The molecule has 0 radical (unpaired) electrons. The van der Waals surface area contributed by atoms with Gasteiger partial charge >= 0.3 is 0 Å². The molecular weight excluding hydrogens is 238 g/mol. The quantitative estimate of drug-likeness (QED) is 0.853. The van der Waals surface area contributed by atoms with Gasteiger partial charge in [-0.05, 0) is 37.5 Å². The third kappa shape index (κ3) is 2.92. The van der Waals surface area contributed by atoms with Gasteiger partial charge in [0.25, 0.3) is 0 Å². The Morgan fingerprint density at radius 2 is 2.24 bits per heavy atom. The second-order valence-electron chi connectivity index (χ2n) is 4.62. The van der Waals surface area contributed by atoms with Gasteiger partial charge in [-0.3, -0.25) is 0 Å². The number of nitrogens with zero attached hydrogens (tertiary/aromatic N) is 1. The Hall–Kier alpha value is -0.770. The van der Waals surface area contributed by atoms with E-state index < -0.39 is 6.10 Å². The van der Waals surface area contributed by atoms with Crippen LogP contribution in [0.15, 0.2) is 18.2 Å². The van der Waals surface area contributed by atoms with Crippen LogP contribution in [0.4, 0.5) is 5.69 Å². The van der Waals surface area contributed by atoms with E-state index in [0.29, 0.717) is 11.6 Å². The minimum Gasteiger partial charge on any atom is -0.391 e. The number of β-amino-alcohol motifs (C(OH)–C–C–N with tert-alkyl or cyclic N) is 1. The zero-order valence-electron chi connectivity index (χ0n) is 9.93. The highest BCUT2D eigenvalue weighted by atomic mass is 35.5. The lowest BCUT2D eigenvalue weighted by Crippen LogP contribution is -2.38. The Labute approximate surface area is 107 Å². The van der Waals surface area contributed by atoms with Gasteiger partial charge in [0.15, 0.2) is 0 Å². The predicted molar refractivity (Wildman–Crippen MR) is 69.5 cm³/mol. The van der Waals surface area contributed by atoms with Crippen LogP contribution in [-0.4, -0.2) is 29.4 Å². The lowest BCUT2D eigenvalue weighted by molar-refractivity contribution is 0.154. The smallest absolute Gasteiger partial charge is 0.0776 e. The molecule has 0 amide bonds. The van der Waals surface area contributed by atoms with E-state index in [1.807, 2.05) is 18.2 Å². The molecule has 3 nitrogen and oxygen atoms in total. The highest BCUT2D eigenvalue weighted by Gasteiger charge is 2.18. The Morgan fingerprint density at radius 1 is 1.47 bits per heavy atom. The summed E-state index contributed by atoms with van der Waals surface area (Å²) in [6, 6.07) is 5.66. The van der Waals surface area contributed by atoms with Crippen molar-refractivity contribution in [3.63, 3.8) is 0 Å². The second kappa shape index (κ2) is 5.25. The van der Waals surface area contributed by atoms with Crippen molar-refractivity contribution in [3.05, 3.63) is 28.8 Å². The molecule has 4 heteroatoms. The monoisotopic (exact) mass is 255 g/mol. The van der Waals surface area contributed by atoms with E-state index in [1.165, 1.54) is 0 Å². The van der Waals surface area contributed by atoms with Crippen molar-refractivity contribution in [2.24, 2.45) is 0 Å². The average Bonchev–Trinajstić information content (AvgIpc) is 2.28. The van der Waals surface area contributed by atoms with E-state index in [1.54, 1.807) is 6.92 Å². The molecule has 1 aliphatic rings. The van der Waals surface area contributed by atoms with Crippen molar-refractivity contribution in [2.75, 3.05) is 18.0 Å². The molecule has 2 rings (SSSR count). The summed E-state index contributed by atoms with van der Waals surface area (Å²) in [5, 5.41) is 19.7. The fourth-order valence-electron chi connectivity index (χ4n) is 2.24. The van der Waals surface area contributed by atoms with Crippen LogP contribution in [0.2, 0.25) is 5.02 Å². The number of anilines is 1. The molecule has 1 saturated heterocycles. The Kier molecular flexibility index (Phi) is 3.92. The van der Waals surface area contributed by atoms with Gasteiger partial charge in [-0.15, -0.1) is 0 Å². The van der Waals surface area contributed by atoms with E-state index in [-0.39, 0.29) is 6.10 Å². The van der Waals surface area contributed by atoms with E-state index in [2.05, 4.69) is 4.90 Å². The zero-order chi connectivity index (χ0) is 12.4. The molecule has 2 atom stereocenters. The SMILES string of the molecule is CC(O)c1ccc(N2CCCC(O)C2)cc1Cl. The third-order valence-electron chi connectivity index (χ3n) is 3.20. The van der Waals surface area contributed by atoms with Crippen molar-refractivity contribution in [2.45, 2.75) is 32.0 Å². The van der Waals surface area contributed by atoms with Crippen LogP contribution < -0.4 is 4.90 Å². The van der Waals surface area contributed by atoms with Crippen LogP contribution in [0.25, 0.3) is 0 Å². The number of halogens is 1. The summed E-state index contributed by atoms with van der Waals surface area (Å²) in [5.41, 5.74) is 1.76. The van der Waals surface area contributed by atoms with Crippen molar-refractivity contribution < 1.29 is 10.2 Å². The van der Waals surface area contributed by atoms with Crippen LogP contribution >= 0.6 is 11.6 Å². The molecule has 0 aromatic heterocycles. The van der Waals surface area contributed by atoms with Gasteiger partial charge in [0.1, 0.15) is 0 Å². The number of aliphatic hydroxyl groups excluding tert-OH is 2. The summed E-state index contributed by atoms with van der Waals surface area (Å²) in [5.74, 6) is 0. The standard InChI is InChI=1S/C13H18ClNO2/c1-9(16)12-5-4-10(7-13(12)14)15-6-2-3-11(17)8-15/h4-5,7,9,11,16-17H,2-3,6,8H2,1H3. The van der Waals surface area contributed by atoms with Gasteiger partial charge in [0, 0.05) is 23.8 Å². The molecule has 2 unspecified atom stereocenters. The Morgan fingerprint density at radius 3 is 2.82 bits per heavy atom. The molecule has 0 aliphatic carbocycles. The molecule has 1 heterocycles. The fourth-order valence-corrected chi connectivity index (χ4v) is 2.57. The third-order valence-corrected chi connectivity index (χ3v) is 3.52. The largest absolute Gasteiger partial charge is 0.391 e. The van der Waals surface area contributed by atoms with Crippen molar-refractivity contribution in [1.82, 2.24) is 0 Å². The zero-order valence-corrected chi connectivity index (χ0v) is 10.7. The van der Waals surface area contributed by atoms with Crippen LogP contribution in [0, 0.1) is 0 Å². The number of piperidine rings is 1. The highest BCUT2D eigenvalue weighted by molar-refractivity contribution is 6.31. The van der Waals surface area contributed by atoms with Crippen molar-refractivity contribution >= 4 is 17.3 Å². The minimum atomic E-state index is -0.552. The number of hydrogen-bond acceptors (Lipinski definition) is 3. The van der Waals surface area contributed by atoms with Gasteiger partial charge in [0.05, 0.1) is 12.2 Å². The maximum atomic E-state index is 9.64. The molecule has 0 spiro atoms. The van der Waals surface area contributed by atoms with E-state index in [4.69, 9.17) is 11.6 Å². The summed E-state index contributed by atoms with van der Waals surface area (Å²) in [7, 11) is 0. The average molecular weight is 256 g/mol. The molecular formula is C13H18ClNO2. The van der Waals surface area contributed by atoms with E-state index >= 15 is 0 Å². The second-order valence-corrected chi connectivity index (χ2v) is 5.03. The lowest BCUT2D eigenvalue weighted by atomic mass is 10.1. The number of aliphatic hydroxyl groups is 2. The van der Waals surface area contributed by atoms with E-state index in [0.717, 1.165) is 30.6 Å². The van der Waals surface area contributed by atoms with Gasteiger partial charge in [0.2, 0.25) is 0 Å². The van der Waals surface area contributed by atoms with Gasteiger partial charge in [-0.25, -0.2) is 0 Å². The molecule has 94 valence electrons. The van der Waals surface area contributed by atoms with Crippen molar-refractivity contribution in [3.8, 4) is 0 Å². The molecule has 2 N–H and O–H groups in total. The molecule has 1 aromatic carbocycles. The molecule has 0 saturated carbocycles. The molecule has 1 fully saturated rings. The summed E-state index contributed by atoms with van der Waals surface area (Å²) < 4.78 is 0. The lowest BCUT2D eigenvalue weighted by Gasteiger charge is -2.32. The number of hydrogen-bond donors (Lipinski definition) is 2. The van der Waals surface area contributed by atoms with Gasteiger partial charge in [-0.2, -0.15) is 0 Å². The first-order valence-electron chi connectivity index (χ1n) is 5.98. The van der Waals surface area contributed by atoms with Crippen LogP contribution in [-0.2, 0) is 0 Å². The molecule has 1 aromatic rings. The molecule has 1 aliphatic heterocycles. The summed E-state index contributed by atoms with van der Waals surface area (Å²) in [6.07, 6.45) is 1.06. The maximum absolute atomic E-state index is 9.64. The van der Waals surface area contributed by atoms with Crippen LogP contribution in [0.3, 0.4) is 0 Å². The summed E-state index contributed by atoms with van der Waals surface area (Å²) in [4.78, 5) is 2.13. The first kappa shape index (κ1) is 12.7. The van der Waals surface area contributed by atoms with Crippen molar-refractivity contribution in [1.29, 1.82) is 0 Å². The van der Waals surface area contributed by atoms with E-state index in [9.17, 15) is 10.2 Å².